The van der Waals surface area contributed by atoms with E-state index in [2.05, 4.69) is 21.9 Å². The summed E-state index contributed by atoms with van der Waals surface area (Å²) in [5.74, 6) is 1.37. The summed E-state index contributed by atoms with van der Waals surface area (Å²) in [6.45, 7) is 4.76. The lowest BCUT2D eigenvalue weighted by Gasteiger charge is -2.09. The molecular weight excluding hydrogens is 278 g/mol. The highest BCUT2D eigenvalue weighted by atomic mass is 16.5. The molecule has 0 amide bonds. The number of ether oxygens (including phenoxy) is 1. The Morgan fingerprint density at radius 1 is 1.36 bits per heavy atom. The van der Waals surface area contributed by atoms with E-state index in [1.807, 2.05) is 35.1 Å². The fourth-order valence-corrected chi connectivity index (χ4v) is 2.17. The van der Waals surface area contributed by atoms with Crippen LogP contribution < -0.4 is 10.5 Å². The summed E-state index contributed by atoms with van der Waals surface area (Å²) in [7, 11) is 0. The van der Waals surface area contributed by atoms with E-state index in [1.54, 1.807) is 18.3 Å². The van der Waals surface area contributed by atoms with Gasteiger partial charge in [-0.3, -0.25) is 9.78 Å². The molecule has 22 heavy (non-hydrogen) atoms. The maximum absolute atomic E-state index is 5.66. The van der Waals surface area contributed by atoms with Crippen LogP contribution in [-0.2, 0) is 6.54 Å². The van der Waals surface area contributed by atoms with Crippen LogP contribution in [0.5, 0.6) is 5.75 Å². The fraction of sp³-hybridized carbons (Fsp3) is 0.125. The second kappa shape index (κ2) is 6.17. The Morgan fingerprint density at radius 3 is 3.00 bits per heavy atom. The monoisotopic (exact) mass is 295 g/mol. The second-order valence-electron chi connectivity index (χ2n) is 4.84. The van der Waals surface area contributed by atoms with Crippen LogP contribution in [0.4, 0.5) is 5.82 Å². The van der Waals surface area contributed by atoms with Crippen molar-refractivity contribution in [1.29, 1.82) is 0 Å². The van der Waals surface area contributed by atoms with Crippen LogP contribution in [-0.4, -0.2) is 26.6 Å². The molecule has 2 heterocycles. The summed E-state index contributed by atoms with van der Waals surface area (Å²) < 4.78 is 7.50. The third-order valence-electron chi connectivity index (χ3n) is 3.19. The predicted molar refractivity (Wildman–Crippen MR) is 85.5 cm³/mol. The molecular formula is C16H17N5O. The zero-order chi connectivity index (χ0) is 15.4. The van der Waals surface area contributed by atoms with Gasteiger partial charge in [0.25, 0.3) is 0 Å². The van der Waals surface area contributed by atoms with Crippen LogP contribution in [0.2, 0.25) is 0 Å². The molecule has 3 aromatic rings. The summed E-state index contributed by atoms with van der Waals surface area (Å²) in [6, 6.07) is 9.67. The van der Waals surface area contributed by atoms with Gasteiger partial charge in [0.05, 0.1) is 18.4 Å². The molecule has 112 valence electrons. The van der Waals surface area contributed by atoms with Crippen molar-refractivity contribution in [2.24, 2.45) is 0 Å². The Hall–Kier alpha value is -3.02. The molecule has 0 saturated carbocycles. The zero-order valence-corrected chi connectivity index (χ0v) is 12.1. The average Bonchev–Trinajstić information content (AvgIpc) is 3.15. The number of hydrogen-bond acceptors (Lipinski definition) is 4. The quantitative estimate of drug-likeness (QED) is 0.684. The lowest BCUT2D eigenvalue weighted by molar-refractivity contribution is 0.357. The van der Waals surface area contributed by atoms with Gasteiger partial charge in [-0.1, -0.05) is 30.9 Å². The first-order valence-corrected chi connectivity index (χ1v) is 6.91. The number of nitrogens with two attached hydrogens (primary N) is 1. The Balaban J connectivity index is 1.79. The Kier molecular flexibility index (Phi) is 3.91. The van der Waals surface area contributed by atoms with E-state index in [0.717, 1.165) is 22.6 Å². The van der Waals surface area contributed by atoms with Crippen LogP contribution in [0.25, 0.3) is 11.3 Å². The van der Waals surface area contributed by atoms with Crippen molar-refractivity contribution in [3.05, 3.63) is 60.9 Å². The average molecular weight is 295 g/mol. The highest BCUT2D eigenvalue weighted by molar-refractivity contribution is 5.60. The maximum Gasteiger partial charge on any atom is 0.124 e. The van der Waals surface area contributed by atoms with E-state index < -0.39 is 0 Å². The Labute approximate surface area is 128 Å². The summed E-state index contributed by atoms with van der Waals surface area (Å²) in [5, 5.41) is 11.2. The van der Waals surface area contributed by atoms with Crippen molar-refractivity contribution in [3.8, 4) is 17.0 Å². The second-order valence-corrected chi connectivity index (χ2v) is 4.84. The van der Waals surface area contributed by atoms with E-state index >= 15 is 0 Å². The van der Waals surface area contributed by atoms with Crippen molar-refractivity contribution in [3.63, 3.8) is 0 Å². The van der Waals surface area contributed by atoms with Gasteiger partial charge in [-0.2, -0.15) is 10.2 Å². The van der Waals surface area contributed by atoms with Gasteiger partial charge in [-0.15, -0.1) is 0 Å². The van der Waals surface area contributed by atoms with E-state index in [-0.39, 0.29) is 0 Å². The van der Waals surface area contributed by atoms with Gasteiger partial charge in [0.15, 0.2) is 0 Å². The number of nitrogens with one attached hydrogen (secondary N) is 1. The third-order valence-corrected chi connectivity index (χ3v) is 3.19. The van der Waals surface area contributed by atoms with Gasteiger partial charge in [0, 0.05) is 23.4 Å². The number of nitrogen functional groups attached to an aromatic ring is 1. The van der Waals surface area contributed by atoms with E-state index in [1.165, 1.54) is 0 Å². The molecule has 0 spiro atoms. The number of aromatic nitrogens is 4. The molecule has 1 aromatic carbocycles. The van der Waals surface area contributed by atoms with Crippen molar-refractivity contribution < 1.29 is 4.74 Å². The zero-order valence-electron chi connectivity index (χ0n) is 12.1. The third kappa shape index (κ3) is 3.01. The van der Waals surface area contributed by atoms with E-state index in [4.69, 9.17) is 10.5 Å². The van der Waals surface area contributed by atoms with Crippen molar-refractivity contribution in [2.75, 3.05) is 12.3 Å². The molecule has 6 nitrogen and oxygen atoms in total. The number of nitrogens with zero attached hydrogens (tertiary/aromatic N) is 3. The lowest BCUT2D eigenvalue weighted by Crippen LogP contribution is -2.03. The molecule has 3 rings (SSSR count). The standard InChI is InChI=1S/C16H17N5O/c1-2-7-22-15-6-4-3-5-12(15)10-21-11-13(9-18-21)14-8-16(17)20-19-14/h2-6,8-9,11H,1,7,10H2,(H3,17,19,20). The molecule has 0 saturated heterocycles. The molecule has 0 unspecified atom stereocenters. The number of hydrogen-bond donors (Lipinski definition) is 2. The van der Waals surface area contributed by atoms with Crippen LogP contribution in [0.3, 0.4) is 0 Å². The molecule has 0 aliphatic rings. The minimum Gasteiger partial charge on any atom is -0.489 e. The summed E-state index contributed by atoms with van der Waals surface area (Å²) in [6.07, 6.45) is 5.42. The SMILES string of the molecule is C=CCOc1ccccc1Cn1cc(-c2cc(N)[nH]n2)cn1. The van der Waals surface area contributed by atoms with E-state index in [9.17, 15) is 0 Å². The Bertz CT molecular complexity index is 774. The van der Waals surface area contributed by atoms with Gasteiger partial charge >= 0.3 is 0 Å². The molecule has 6 heteroatoms. The minimum absolute atomic E-state index is 0.480. The summed E-state index contributed by atoms with van der Waals surface area (Å²) in [5.41, 5.74) is 8.39. The maximum atomic E-state index is 5.66. The first kappa shape index (κ1) is 13.9. The molecule has 0 aliphatic heterocycles. The predicted octanol–water partition coefficient (Wildman–Crippen LogP) is 2.47. The Morgan fingerprint density at radius 2 is 2.23 bits per heavy atom. The fourth-order valence-electron chi connectivity index (χ4n) is 2.17. The molecule has 0 fully saturated rings. The number of anilines is 1. The van der Waals surface area contributed by atoms with Crippen LogP contribution >= 0.6 is 0 Å². The van der Waals surface area contributed by atoms with E-state index in [0.29, 0.717) is 19.0 Å². The van der Waals surface area contributed by atoms with Gasteiger partial charge in [-0.25, -0.2) is 0 Å². The summed E-state index contributed by atoms with van der Waals surface area (Å²) in [4.78, 5) is 0. The lowest BCUT2D eigenvalue weighted by atomic mass is 10.2. The normalized spacial score (nSPS) is 10.5. The number of H-pyrrole nitrogens is 1. The number of para-hydroxylation sites is 1. The molecule has 0 radical (unpaired) electrons. The van der Waals surface area contributed by atoms with Crippen molar-refractivity contribution >= 4 is 5.82 Å². The number of benzene rings is 1. The topological polar surface area (TPSA) is 81.8 Å². The highest BCUT2D eigenvalue weighted by Crippen LogP contribution is 2.21. The highest BCUT2D eigenvalue weighted by Gasteiger charge is 2.08. The molecule has 0 aliphatic carbocycles. The smallest absolute Gasteiger partial charge is 0.124 e. The molecule has 0 atom stereocenters. The van der Waals surface area contributed by atoms with Gasteiger partial charge < -0.3 is 10.5 Å². The molecule has 2 aromatic heterocycles. The minimum atomic E-state index is 0.480. The van der Waals surface area contributed by atoms with Crippen LogP contribution in [0.1, 0.15) is 5.56 Å². The van der Waals surface area contributed by atoms with Gasteiger partial charge in [0.1, 0.15) is 18.2 Å². The summed E-state index contributed by atoms with van der Waals surface area (Å²) >= 11 is 0. The first-order valence-electron chi connectivity index (χ1n) is 6.91. The van der Waals surface area contributed by atoms with Gasteiger partial charge in [-0.05, 0) is 6.07 Å². The van der Waals surface area contributed by atoms with Crippen molar-refractivity contribution in [1.82, 2.24) is 20.0 Å². The van der Waals surface area contributed by atoms with Crippen LogP contribution in [0.15, 0.2) is 55.4 Å². The number of rotatable bonds is 6. The van der Waals surface area contributed by atoms with Gasteiger partial charge in [0.2, 0.25) is 0 Å². The number of aromatic amines is 1. The first-order chi connectivity index (χ1) is 10.8. The van der Waals surface area contributed by atoms with Crippen LogP contribution in [0, 0.1) is 0 Å². The molecule has 0 bridgehead atoms. The molecule has 3 N–H and O–H groups in total. The largest absolute Gasteiger partial charge is 0.489 e. The van der Waals surface area contributed by atoms with Crippen molar-refractivity contribution in [2.45, 2.75) is 6.54 Å².